The van der Waals surface area contributed by atoms with Gasteiger partial charge in [-0.05, 0) is 25.2 Å². The average molecular weight is 345 g/mol. The molecule has 3 amide bonds. The van der Waals surface area contributed by atoms with Crippen LogP contribution in [0.15, 0.2) is 12.2 Å². The van der Waals surface area contributed by atoms with E-state index >= 15 is 0 Å². The number of fused-ring (bicyclic) bond motifs is 1. The molecular formula is C17H23N5O3. The summed E-state index contributed by atoms with van der Waals surface area (Å²) in [7, 11) is 0. The van der Waals surface area contributed by atoms with Crippen molar-refractivity contribution in [2.75, 3.05) is 6.54 Å². The average Bonchev–Trinajstić information content (AvgIpc) is 3.02. The number of aromatic nitrogens is 2. The minimum absolute atomic E-state index is 0.0120. The SMILES string of the molecule is NC(=O)C(=O)N1CCc2[nH]nc(CNC(=O)C[C@@H]3CC=CCC3)c2C1. The highest BCUT2D eigenvalue weighted by Crippen LogP contribution is 2.22. The van der Waals surface area contributed by atoms with Crippen LogP contribution in [0.2, 0.25) is 0 Å². The fourth-order valence-electron chi connectivity index (χ4n) is 3.39. The van der Waals surface area contributed by atoms with Crippen LogP contribution >= 0.6 is 0 Å². The van der Waals surface area contributed by atoms with Crippen molar-refractivity contribution >= 4 is 17.7 Å². The number of carbonyl (C=O) groups excluding carboxylic acids is 3. The first-order chi connectivity index (χ1) is 12.0. The van der Waals surface area contributed by atoms with Gasteiger partial charge in [0.2, 0.25) is 5.91 Å². The number of hydrogen-bond donors (Lipinski definition) is 3. The summed E-state index contributed by atoms with van der Waals surface area (Å²) in [6.45, 7) is 1.02. The lowest BCUT2D eigenvalue weighted by molar-refractivity contribution is -0.144. The molecule has 8 nitrogen and oxygen atoms in total. The molecule has 0 saturated heterocycles. The predicted octanol–water partition coefficient (Wildman–Crippen LogP) is 0.142. The summed E-state index contributed by atoms with van der Waals surface area (Å²) in [4.78, 5) is 36.4. The third-order valence-electron chi connectivity index (χ3n) is 4.82. The molecule has 0 fully saturated rings. The van der Waals surface area contributed by atoms with Gasteiger partial charge in [0.25, 0.3) is 0 Å². The number of H-pyrrole nitrogens is 1. The van der Waals surface area contributed by atoms with E-state index in [4.69, 9.17) is 5.73 Å². The van der Waals surface area contributed by atoms with Gasteiger partial charge in [-0.15, -0.1) is 0 Å². The second-order valence-electron chi connectivity index (χ2n) is 6.60. The largest absolute Gasteiger partial charge is 0.361 e. The molecule has 0 aromatic carbocycles. The number of primary amides is 1. The standard InChI is InChI=1S/C17H23N5O3/c18-16(24)17(25)22-7-6-13-12(10-22)14(21-20-13)9-19-15(23)8-11-4-2-1-3-5-11/h1-2,11H,3-10H2,(H2,18,24)(H,19,23)(H,20,21)/t11-/m1/s1. The highest BCUT2D eigenvalue weighted by molar-refractivity contribution is 6.34. The Labute approximate surface area is 145 Å². The first kappa shape index (κ1) is 17.2. The van der Waals surface area contributed by atoms with Crippen molar-refractivity contribution in [2.24, 2.45) is 11.7 Å². The van der Waals surface area contributed by atoms with Crippen LogP contribution in [0.3, 0.4) is 0 Å². The Morgan fingerprint density at radius 1 is 1.36 bits per heavy atom. The molecule has 0 spiro atoms. The van der Waals surface area contributed by atoms with Crippen LogP contribution < -0.4 is 11.1 Å². The maximum Gasteiger partial charge on any atom is 0.311 e. The van der Waals surface area contributed by atoms with Crippen molar-refractivity contribution < 1.29 is 14.4 Å². The summed E-state index contributed by atoms with van der Waals surface area (Å²) in [6.07, 6.45) is 8.43. The lowest BCUT2D eigenvalue weighted by atomic mass is 9.91. The summed E-state index contributed by atoms with van der Waals surface area (Å²) in [5.74, 6) is -1.23. The number of allylic oxidation sites excluding steroid dienone is 2. The molecule has 1 atom stereocenters. The first-order valence-corrected chi connectivity index (χ1v) is 8.60. The normalized spacial score (nSPS) is 19.4. The molecule has 1 aliphatic heterocycles. The third-order valence-corrected chi connectivity index (χ3v) is 4.82. The van der Waals surface area contributed by atoms with Crippen molar-refractivity contribution in [1.82, 2.24) is 20.4 Å². The molecule has 2 heterocycles. The van der Waals surface area contributed by atoms with Crippen LogP contribution in [0.5, 0.6) is 0 Å². The van der Waals surface area contributed by atoms with Crippen molar-refractivity contribution in [3.8, 4) is 0 Å². The highest BCUT2D eigenvalue weighted by atomic mass is 16.2. The number of nitrogens with zero attached hydrogens (tertiary/aromatic N) is 2. The van der Waals surface area contributed by atoms with E-state index in [1.54, 1.807) is 0 Å². The molecular weight excluding hydrogens is 322 g/mol. The smallest absolute Gasteiger partial charge is 0.311 e. The maximum atomic E-state index is 12.1. The quantitative estimate of drug-likeness (QED) is 0.531. The van der Waals surface area contributed by atoms with Gasteiger partial charge >= 0.3 is 11.8 Å². The fourth-order valence-corrected chi connectivity index (χ4v) is 3.39. The van der Waals surface area contributed by atoms with E-state index in [1.807, 2.05) is 0 Å². The number of rotatable bonds is 4. The molecule has 25 heavy (non-hydrogen) atoms. The molecule has 0 bridgehead atoms. The van der Waals surface area contributed by atoms with Gasteiger partial charge in [0.05, 0.1) is 12.2 Å². The Hall–Kier alpha value is -2.64. The number of hydrogen-bond acceptors (Lipinski definition) is 4. The molecule has 1 aromatic heterocycles. The first-order valence-electron chi connectivity index (χ1n) is 8.60. The second kappa shape index (κ2) is 7.50. The summed E-state index contributed by atoms with van der Waals surface area (Å²) in [5, 5.41) is 10.1. The Balaban J connectivity index is 1.57. The molecule has 8 heteroatoms. The Kier molecular flexibility index (Phi) is 5.16. The van der Waals surface area contributed by atoms with Crippen LogP contribution in [-0.4, -0.2) is 39.4 Å². The summed E-state index contributed by atoms with van der Waals surface area (Å²) in [5.41, 5.74) is 7.58. The highest BCUT2D eigenvalue weighted by Gasteiger charge is 2.27. The maximum absolute atomic E-state index is 12.1. The topological polar surface area (TPSA) is 121 Å². The van der Waals surface area contributed by atoms with E-state index in [1.165, 1.54) is 4.90 Å². The molecule has 134 valence electrons. The van der Waals surface area contributed by atoms with Crippen molar-refractivity contribution in [1.29, 1.82) is 0 Å². The monoisotopic (exact) mass is 345 g/mol. The number of nitrogens with one attached hydrogen (secondary N) is 2. The number of amides is 3. The zero-order chi connectivity index (χ0) is 17.8. The number of carbonyl (C=O) groups is 3. The predicted molar refractivity (Wildman–Crippen MR) is 89.8 cm³/mol. The molecule has 2 aliphatic rings. The molecule has 0 saturated carbocycles. The Morgan fingerprint density at radius 2 is 2.20 bits per heavy atom. The molecule has 4 N–H and O–H groups in total. The summed E-state index contributed by atoms with van der Waals surface area (Å²) < 4.78 is 0. The van der Waals surface area contributed by atoms with Gasteiger partial charge in [0, 0.05) is 37.2 Å². The van der Waals surface area contributed by atoms with Gasteiger partial charge in [0.15, 0.2) is 0 Å². The van der Waals surface area contributed by atoms with E-state index < -0.39 is 11.8 Å². The van der Waals surface area contributed by atoms with E-state index in [2.05, 4.69) is 27.7 Å². The number of aromatic amines is 1. The van der Waals surface area contributed by atoms with Gasteiger partial charge in [-0.3, -0.25) is 19.5 Å². The lowest BCUT2D eigenvalue weighted by Crippen LogP contribution is -2.43. The van der Waals surface area contributed by atoms with Crippen LogP contribution in [0.25, 0.3) is 0 Å². The van der Waals surface area contributed by atoms with Crippen LogP contribution in [0, 0.1) is 5.92 Å². The fraction of sp³-hybridized carbons (Fsp3) is 0.529. The van der Waals surface area contributed by atoms with Crippen LogP contribution in [0.4, 0.5) is 0 Å². The van der Waals surface area contributed by atoms with Gasteiger partial charge < -0.3 is 16.0 Å². The van der Waals surface area contributed by atoms with Gasteiger partial charge in [-0.2, -0.15) is 5.10 Å². The van der Waals surface area contributed by atoms with Crippen molar-refractivity contribution in [3.05, 3.63) is 29.1 Å². The molecule has 1 aliphatic carbocycles. The molecule has 1 aromatic rings. The number of nitrogens with two attached hydrogens (primary N) is 1. The van der Waals surface area contributed by atoms with E-state index in [0.29, 0.717) is 37.5 Å². The molecule has 0 unspecified atom stereocenters. The van der Waals surface area contributed by atoms with Gasteiger partial charge in [-0.1, -0.05) is 12.2 Å². The van der Waals surface area contributed by atoms with Crippen molar-refractivity contribution in [3.63, 3.8) is 0 Å². The van der Waals surface area contributed by atoms with Gasteiger partial charge in [0.1, 0.15) is 0 Å². The van der Waals surface area contributed by atoms with E-state index in [0.717, 1.165) is 30.5 Å². The van der Waals surface area contributed by atoms with Crippen molar-refractivity contribution in [2.45, 2.75) is 45.2 Å². The molecule has 3 rings (SSSR count). The minimum Gasteiger partial charge on any atom is -0.361 e. The molecule has 0 radical (unpaired) electrons. The van der Waals surface area contributed by atoms with E-state index in [-0.39, 0.29) is 12.5 Å². The lowest BCUT2D eigenvalue weighted by Gasteiger charge is -2.26. The van der Waals surface area contributed by atoms with Crippen LogP contribution in [-0.2, 0) is 33.9 Å². The Morgan fingerprint density at radius 3 is 2.92 bits per heavy atom. The van der Waals surface area contributed by atoms with E-state index in [9.17, 15) is 14.4 Å². The van der Waals surface area contributed by atoms with Crippen LogP contribution in [0.1, 0.15) is 42.6 Å². The summed E-state index contributed by atoms with van der Waals surface area (Å²) >= 11 is 0. The zero-order valence-electron chi connectivity index (χ0n) is 14.1. The summed E-state index contributed by atoms with van der Waals surface area (Å²) in [6, 6.07) is 0. The second-order valence-corrected chi connectivity index (χ2v) is 6.60. The third kappa shape index (κ3) is 4.07. The zero-order valence-corrected chi connectivity index (χ0v) is 14.1. The van der Waals surface area contributed by atoms with Gasteiger partial charge in [-0.25, -0.2) is 0 Å². The minimum atomic E-state index is -0.955. The Bertz CT molecular complexity index is 709.